The van der Waals surface area contributed by atoms with Gasteiger partial charge >= 0.3 is 0 Å². The minimum absolute atomic E-state index is 0.0245. The number of rotatable bonds is 3. The second kappa shape index (κ2) is 5.34. The van der Waals surface area contributed by atoms with Crippen LogP contribution in [0.3, 0.4) is 0 Å². The van der Waals surface area contributed by atoms with Crippen molar-refractivity contribution in [3.63, 3.8) is 0 Å². The molecule has 0 spiro atoms. The lowest BCUT2D eigenvalue weighted by Crippen LogP contribution is -1.98. The van der Waals surface area contributed by atoms with Gasteiger partial charge in [-0.05, 0) is 38.5 Å². The first-order valence-electron chi connectivity index (χ1n) is 5.34. The smallest absolute Gasteiger partial charge is 0.189 e. The van der Waals surface area contributed by atoms with Crippen LogP contribution in [0.15, 0.2) is 30.4 Å². The monoisotopic (exact) mass is 232 g/mol. The number of allylic oxidation sites excluding steroid dienone is 4. The van der Waals surface area contributed by atoms with Gasteiger partial charge in [0, 0.05) is 5.56 Å². The highest BCUT2D eigenvalue weighted by molar-refractivity contribution is 6.07. The van der Waals surface area contributed by atoms with Crippen molar-refractivity contribution in [1.29, 1.82) is 0 Å². The summed E-state index contributed by atoms with van der Waals surface area (Å²) < 4.78 is 0. The largest absolute Gasteiger partial charge is 0.507 e. The standard InChI is InChI=1S/C14H16O3/c1-4-5-6-7-12(15)11-8-9(2)13(16)10(3)14(11)17/h4-8,16-17H,1-3H3/b5-4+,7-6+. The van der Waals surface area contributed by atoms with Gasteiger partial charge in [0.1, 0.15) is 11.5 Å². The van der Waals surface area contributed by atoms with E-state index in [2.05, 4.69) is 0 Å². The highest BCUT2D eigenvalue weighted by atomic mass is 16.3. The highest BCUT2D eigenvalue weighted by Crippen LogP contribution is 2.33. The van der Waals surface area contributed by atoms with Gasteiger partial charge < -0.3 is 10.2 Å². The zero-order valence-corrected chi connectivity index (χ0v) is 10.2. The molecule has 0 unspecified atom stereocenters. The molecule has 0 aliphatic rings. The Labute approximate surface area is 101 Å². The van der Waals surface area contributed by atoms with Crippen molar-refractivity contribution in [3.05, 3.63) is 47.1 Å². The molecule has 3 heteroatoms. The average Bonchev–Trinajstić information content (AvgIpc) is 2.31. The van der Waals surface area contributed by atoms with Gasteiger partial charge in [0.05, 0.1) is 5.56 Å². The third-order valence-electron chi connectivity index (χ3n) is 2.52. The molecule has 2 N–H and O–H groups in total. The molecule has 0 bridgehead atoms. The Hall–Kier alpha value is -2.03. The molecule has 17 heavy (non-hydrogen) atoms. The average molecular weight is 232 g/mol. The van der Waals surface area contributed by atoms with E-state index in [1.54, 1.807) is 32.1 Å². The van der Waals surface area contributed by atoms with E-state index in [1.165, 1.54) is 12.1 Å². The molecular formula is C14H16O3. The molecule has 0 aromatic heterocycles. The maximum Gasteiger partial charge on any atom is 0.189 e. The van der Waals surface area contributed by atoms with Gasteiger partial charge in [-0.2, -0.15) is 0 Å². The van der Waals surface area contributed by atoms with Crippen LogP contribution in [-0.2, 0) is 0 Å². The van der Waals surface area contributed by atoms with Crippen molar-refractivity contribution in [2.24, 2.45) is 0 Å². The van der Waals surface area contributed by atoms with Crippen LogP contribution in [0.5, 0.6) is 11.5 Å². The van der Waals surface area contributed by atoms with Gasteiger partial charge in [0.25, 0.3) is 0 Å². The molecule has 0 fully saturated rings. The van der Waals surface area contributed by atoms with Crippen molar-refractivity contribution < 1.29 is 15.0 Å². The van der Waals surface area contributed by atoms with Crippen LogP contribution in [-0.4, -0.2) is 16.0 Å². The Bertz CT molecular complexity index is 497. The molecule has 0 saturated carbocycles. The van der Waals surface area contributed by atoms with Crippen LogP contribution >= 0.6 is 0 Å². The predicted molar refractivity (Wildman–Crippen MR) is 67.5 cm³/mol. The number of hydrogen-bond acceptors (Lipinski definition) is 3. The number of aryl methyl sites for hydroxylation is 1. The van der Waals surface area contributed by atoms with E-state index in [0.717, 1.165) is 0 Å². The summed E-state index contributed by atoms with van der Waals surface area (Å²) in [5.74, 6) is -0.425. The van der Waals surface area contributed by atoms with Crippen molar-refractivity contribution in [2.45, 2.75) is 20.8 Å². The molecule has 1 rings (SSSR count). The Morgan fingerprint density at radius 3 is 2.41 bits per heavy atom. The van der Waals surface area contributed by atoms with Gasteiger partial charge in [-0.3, -0.25) is 4.79 Å². The summed E-state index contributed by atoms with van der Waals surface area (Å²) in [4.78, 5) is 11.8. The van der Waals surface area contributed by atoms with Gasteiger partial charge in [-0.15, -0.1) is 0 Å². The summed E-state index contributed by atoms with van der Waals surface area (Å²) >= 11 is 0. The fourth-order valence-corrected chi connectivity index (χ4v) is 1.49. The lowest BCUT2D eigenvalue weighted by atomic mass is 10.0. The number of phenols is 2. The molecule has 0 saturated heterocycles. The summed E-state index contributed by atoms with van der Waals surface area (Å²) in [5.41, 5.74) is 1.11. The second-order valence-electron chi connectivity index (χ2n) is 3.81. The quantitative estimate of drug-likeness (QED) is 0.478. The third kappa shape index (κ3) is 2.75. The van der Waals surface area contributed by atoms with Crippen LogP contribution in [0.4, 0.5) is 0 Å². The van der Waals surface area contributed by atoms with Crippen LogP contribution in [0.2, 0.25) is 0 Å². The molecule has 3 nitrogen and oxygen atoms in total. The summed E-state index contributed by atoms with van der Waals surface area (Å²) in [7, 11) is 0. The van der Waals surface area contributed by atoms with Crippen LogP contribution in [0.1, 0.15) is 28.4 Å². The molecular weight excluding hydrogens is 216 g/mol. The minimum Gasteiger partial charge on any atom is -0.507 e. The van der Waals surface area contributed by atoms with E-state index in [0.29, 0.717) is 11.1 Å². The molecule has 1 aromatic carbocycles. The lowest BCUT2D eigenvalue weighted by molar-refractivity contribution is 0.104. The maximum absolute atomic E-state index is 11.8. The number of hydrogen-bond donors (Lipinski definition) is 2. The zero-order valence-electron chi connectivity index (χ0n) is 10.2. The normalized spacial score (nSPS) is 11.5. The molecule has 0 aliphatic carbocycles. The molecule has 0 heterocycles. The molecule has 1 aromatic rings. The first-order chi connectivity index (χ1) is 7.99. The van der Waals surface area contributed by atoms with Gasteiger partial charge in [-0.25, -0.2) is 0 Å². The van der Waals surface area contributed by atoms with E-state index in [1.807, 2.05) is 6.92 Å². The predicted octanol–water partition coefficient (Wildman–Crippen LogP) is 3.03. The van der Waals surface area contributed by atoms with Gasteiger partial charge in [0.15, 0.2) is 5.78 Å². The summed E-state index contributed by atoms with van der Waals surface area (Å²) in [6.45, 7) is 5.11. The Balaban J connectivity index is 3.19. The van der Waals surface area contributed by atoms with Crippen LogP contribution in [0, 0.1) is 13.8 Å². The number of aromatic hydroxyl groups is 2. The van der Waals surface area contributed by atoms with Crippen molar-refractivity contribution >= 4 is 5.78 Å². The molecule has 0 radical (unpaired) electrons. The van der Waals surface area contributed by atoms with Crippen LogP contribution in [0.25, 0.3) is 0 Å². The number of carbonyl (C=O) groups excluding carboxylic acids is 1. The highest BCUT2D eigenvalue weighted by Gasteiger charge is 2.15. The number of phenolic OH excluding ortho intramolecular Hbond substituents is 2. The van der Waals surface area contributed by atoms with Gasteiger partial charge in [0.2, 0.25) is 0 Å². The minimum atomic E-state index is -0.285. The van der Waals surface area contributed by atoms with Crippen molar-refractivity contribution in [2.75, 3.05) is 0 Å². The van der Waals surface area contributed by atoms with Crippen molar-refractivity contribution in [1.82, 2.24) is 0 Å². The van der Waals surface area contributed by atoms with E-state index in [9.17, 15) is 15.0 Å². The molecule has 0 aliphatic heterocycles. The maximum atomic E-state index is 11.8. The summed E-state index contributed by atoms with van der Waals surface area (Å²) in [5, 5.41) is 19.4. The fourth-order valence-electron chi connectivity index (χ4n) is 1.49. The Morgan fingerprint density at radius 2 is 1.82 bits per heavy atom. The van der Waals surface area contributed by atoms with Gasteiger partial charge in [-0.1, -0.05) is 18.2 Å². The second-order valence-corrected chi connectivity index (χ2v) is 3.81. The molecule has 90 valence electrons. The Morgan fingerprint density at radius 1 is 1.18 bits per heavy atom. The fraction of sp³-hybridized carbons (Fsp3) is 0.214. The molecule has 0 atom stereocenters. The first kappa shape index (κ1) is 13.0. The topological polar surface area (TPSA) is 57.5 Å². The van der Waals surface area contributed by atoms with E-state index in [-0.39, 0.29) is 22.8 Å². The number of carbonyl (C=O) groups is 1. The SMILES string of the molecule is C/C=C/C=C/C(=O)c1cc(C)c(O)c(C)c1O. The summed E-state index contributed by atoms with van der Waals surface area (Å²) in [6.07, 6.45) is 6.52. The zero-order chi connectivity index (χ0) is 13.0. The molecule has 0 amide bonds. The van der Waals surface area contributed by atoms with E-state index < -0.39 is 0 Å². The van der Waals surface area contributed by atoms with E-state index >= 15 is 0 Å². The Kier molecular flexibility index (Phi) is 4.10. The first-order valence-corrected chi connectivity index (χ1v) is 5.34. The third-order valence-corrected chi connectivity index (χ3v) is 2.52. The van der Waals surface area contributed by atoms with Crippen molar-refractivity contribution in [3.8, 4) is 11.5 Å². The number of benzene rings is 1. The van der Waals surface area contributed by atoms with E-state index in [4.69, 9.17) is 0 Å². The number of ketones is 1. The van der Waals surface area contributed by atoms with Crippen LogP contribution < -0.4 is 0 Å². The lowest BCUT2D eigenvalue weighted by Gasteiger charge is -2.09. The summed E-state index contributed by atoms with van der Waals surface area (Å²) in [6, 6.07) is 1.49.